The number of hydrogen-bond donors (Lipinski definition) is 3. The van der Waals surface area contributed by atoms with Crippen molar-refractivity contribution in [3.05, 3.63) is 95.6 Å². The topological polar surface area (TPSA) is 120 Å². The molecule has 0 bridgehead atoms. The molecule has 0 aromatic heterocycles. The van der Waals surface area contributed by atoms with E-state index in [1.165, 1.54) is 12.1 Å². The Morgan fingerprint density at radius 2 is 1.45 bits per heavy atom. The third-order valence-corrected chi connectivity index (χ3v) is 4.19. The zero-order chi connectivity index (χ0) is 22.1. The highest BCUT2D eigenvalue weighted by Crippen LogP contribution is 2.17. The van der Waals surface area contributed by atoms with Gasteiger partial charge in [0.15, 0.2) is 6.61 Å². The molecule has 4 N–H and O–H groups in total. The average molecular weight is 419 g/mol. The molecule has 0 aliphatic rings. The number of carbonyl (C=O) groups excluding carboxylic acids is 3. The molecule has 0 aliphatic carbocycles. The molecule has 0 heterocycles. The largest absolute Gasteiger partial charge is 0.489 e. The summed E-state index contributed by atoms with van der Waals surface area (Å²) in [6.07, 6.45) is 0. The predicted molar refractivity (Wildman–Crippen MR) is 113 cm³/mol. The lowest BCUT2D eigenvalue weighted by molar-refractivity contribution is -0.123. The van der Waals surface area contributed by atoms with Crippen molar-refractivity contribution in [3.8, 4) is 11.5 Å². The van der Waals surface area contributed by atoms with Gasteiger partial charge >= 0.3 is 0 Å². The van der Waals surface area contributed by atoms with Gasteiger partial charge in [-0.2, -0.15) is 0 Å². The Morgan fingerprint density at radius 1 is 0.774 bits per heavy atom. The molecule has 3 aromatic rings. The van der Waals surface area contributed by atoms with Crippen LogP contribution in [0.1, 0.15) is 26.3 Å². The molecule has 0 spiro atoms. The Labute approximate surface area is 178 Å². The highest BCUT2D eigenvalue weighted by atomic mass is 16.5. The van der Waals surface area contributed by atoms with Gasteiger partial charge in [0.1, 0.15) is 18.1 Å². The van der Waals surface area contributed by atoms with E-state index < -0.39 is 24.3 Å². The van der Waals surface area contributed by atoms with Crippen LogP contribution in [-0.4, -0.2) is 24.3 Å². The fraction of sp³-hybridized carbons (Fsp3) is 0.0870. The average Bonchev–Trinajstić information content (AvgIpc) is 2.81. The van der Waals surface area contributed by atoms with Crippen molar-refractivity contribution in [3.63, 3.8) is 0 Å². The van der Waals surface area contributed by atoms with Crippen molar-refractivity contribution in [1.82, 2.24) is 10.9 Å². The summed E-state index contributed by atoms with van der Waals surface area (Å²) in [5.41, 5.74) is 11.2. The molecular formula is C23H21N3O5. The number of amides is 3. The van der Waals surface area contributed by atoms with Crippen LogP contribution in [0.2, 0.25) is 0 Å². The minimum absolute atomic E-state index is 0.163. The summed E-state index contributed by atoms with van der Waals surface area (Å²) in [6, 6.07) is 22.5. The second kappa shape index (κ2) is 10.4. The van der Waals surface area contributed by atoms with Crippen LogP contribution in [0, 0.1) is 0 Å². The SMILES string of the molecule is NC(=O)c1ccccc1OCC(=O)NNC(=O)c1ccc(COc2ccccc2)cc1. The minimum atomic E-state index is -0.665. The molecule has 3 rings (SSSR count). The lowest BCUT2D eigenvalue weighted by Crippen LogP contribution is -2.43. The van der Waals surface area contributed by atoms with E-state index in [0.717, 1.165) is 11.3 Å². The molecule has 0 saturated heterocycles. The second-order valence-corrected chi connectivity index (χ2v) is 6.45. The molecule has 0 radical (unpaired) electrons. The summed E-state index contributed by atoms with van der Waals surface area (Å²) >= 11 is 0. The van der Waals surface area contributed by atoms with Gasteiger partial charge in [0.2, 0.25) is 0 Å². The quantitative estimate of drug-likeness (QED) is 0.484. The molecule has 31 heavy (non-hydrogen) atoms. The van der Waals surface area contributed by atoms with E-state index in [2.05, 4.69) is 10.9 Å². The van der Waals surface area contributed by atoms with Crippen LogP contribution in [0.5, 0.6) is 11.5 Å². The summed E-state index contributed by atoms with van der Waals surface area (Å²) < 4.78 is 11.0. The van der Waals surface area contributed by atoms with Gasteiger partial charge in [-0.1, -0.05) is 42.5 Å². The first-order valence-corrected chi connectivity index (χ1v) is 9.40. The van der Waals surface area contributed by atoms with E-state index in [1.54, 1.807) is 36.4 Å². The van der Waals surface area contributed by atoms with E-state index in [-0.39, 0.29) is 11.3 Å². The molecule has 8 heteroatoms. The normalized spacial score (nSPS) is 10.1. The van der Waals surface area contributed by atoms with Crippen LogP contribution < -0.4 is 26.1 Å². The number of nitrogens with two attached hydrogens (primary N) is 1. The molecule has 158 valence electrons. The van der Waals surface area contributed by atoms with Crippen molar-refractivity contribution in [2.24, 2.45) is 5.73 Å². The molecule has 8 nitrogen and oxygen atoms in total. The Bertz CT molecular complexity index is 1050. The highest BCUT2D eigenvalue weighted by Gasteiger charge is 2.11. The summed E-state index contributed by atoms with van der Waals surface area (Å²) in [4.78, 5) is 35.5. The van der Waals surface area contributed by atoms with Crippen LogP contribution in [0.25, 0.3) is 0 Å². The van der Waals surface area contributed by atoms with Crippen molar-refractivity contribution in [1.29, 1.82) is 0 Å². The van der Waals surface area contributed by atoms with Crippen molar-refractivity contribution < 1.29 is 23.9 Å². The number of carbonyl (C=O) groups is 3. The Hall–Kier alpha value is -4.33. The number of rotatable bonds is 8. The Kier molecular flexibility index (Phi) is 7.21. The molecule has 0 fully saturated rings. The number of primary amides is 1. The first-order chi connectivity index (χ1) is 15.0. The summed E-state index contributed by atoms with van der Waals surface area (Å²) in [7, 11) is 0. The van der Waals surface area contributed by atoms with Crippen molar-refractivity contribution in [2.75, 3.05) is 6.61 Å². The molecule has 0 unspecified atom stereocenters. The van der Waals surface area contributed by atoms with Crippen LogP contribution >= 0.6 is 0 Å². The molecule has 3 aromatic carbocycles. The van der Waals surface area contributed by atoms with Gasteiger partial charge in [-0.3, -0.25) is 25.2 Å². The number of ether oxygens (including phenoxy) is 2. The number of benzene rings is 3. The van der Waals surface area contributed by atoms with E-state index in [9.17, 15) is 14.4 Å². The van der Waals surface area contributed by atoms with Crippen LogP contribution in [0.4, 0.5) is 0 Å². The van der Waals surface area contributed by atoms with Gasteiger partial charge in [-0.05, 0) is 42.0 Å². The third-order valence-electron chi connectivity index (χ3n) is 4.19. The summed E-state index contributed by atoms with van der Waals surface area (Å²) in [6.45, 7) is -0.0346. The van der Waals surface area contributed by atoms with E-state index in [0.29, 0.717) is 12.2 Å². The predicted octanol–water partition coefficient (Wildman–Crippen LogP) is 2.20. The molecule has 3 amide bonds. The Balaban J connectivity index is 1.45. The number of hydrogen-bond acceptors (Lipinski definition) is 5. The number of para-hydroxylation sites is 2. The van der Waals surface area contributed by atoms with Crippen LogP contribution in [0.15, 0.2) is 78.9 Å². The van der Waals surface area contributed by atoms with Crippen LogP contribution in [0.3, 0.4) is 0 Å². The smallest absolute Gasteiger partial charge is 0.276 e. The fourth-order valence-corrected chi connectivity index (χ4v) is 2.61. The highest BCUT2D eigenvalue weighted by molar-refractivity contribution is 5.96. The molecule has 0 saturated carbocycles. The van der Waals surface area contributed by atoms with Crippen molar-refractivity contribution >= 4 is 17.7 Å². The number of nitrogens with one attached hydrogen (secondary N) is 2. The van der Waals surface area contributed by atoms with E-state index >= 15 is 0 Å². The molecule has 0 aliphatic heterocycles. The van der Waals surface area contributed by atoms with Gasteiger partial charge in [0.05, 0.1) is 5.56 Å². The van der Waals surface area contributed by atoms with Gasteiger partial charge in [0, 0.05) is 5.56 Å². The van der Waals surface area contributed by atoms with Crippen LogP contribution in [-0.2, 0) is 11.4 Å². The Morgan fingerprint density at radius 3 is 2.16 bits per heavy atom. The standard InChI is InChI=1S/C23H21N3O5/c24-22(28)19-8-4-5-9-20(19)31-15-21(27)25-26-23(29)17-12-10-16(11-13-17)14-30-18-6-2-1-3-7-18/h1-13H,14-15H2,(H2,24,28)(H,25,27)(H,26,29). The molecular weight excluding hydrogens is 398 g/mol. The monoisotopic (exact) mass is 419 g/mol. The number of hydrazine groups is 1. The summed E-state index contributed by atoms with van der Waals surface area (Å²) in [5, 5.41) is 0. The van der Waals surface area contributed by atoms with E-state index in [1.807, 2.05) is 30.3 Å². The molecule has 0 atom stereocenters. The lowest BCUT2D eigenvalue weighted by Gasteiger charge is -2.11. The maximum absolute atomic E-state index is 12.2. The zero-order valence-corrected chi connectivity index (χ0v) is 16.5. The zero-order valence-electron chi connectivity index (χ0n) is 16.5. The minimum Gasteiger partial charge on any atom is -0.489 e. The van der Waals surface area contributed by atoms with Crippen molar-refractivity contribution in [2.45, 2.75) is 6.61 Å². The summed E-state index contributed by atoms with van der Waals surface area (Å²) in [5.74, 6) is -0.804. The van der Waals surface area contributed by atoms with E-state index in [4.69, 9.17) is 15.2 Å². The second-order valence-electron chi connectivity index (χ2n) is 6.45. The fourth-order valence-electron chi connectivity index (χ4n) is 2.61. The van der Waals surface area contributed by atoms with Gasteiger partial charge in [0.25, 0.3) is 17.7 Å². The maximum Gasteiger partial charge on any atom is 0.276 e. The lowest BCUT2D eigenvalue weighted by atomic mass is 10.1. The van der Waals surface area contributed by atoms with Gasteiger partial charge in [-0.15, -0.1) is 0 Å². The maximum atomic E-state index is 12.2. The van der Waals surface area contributed by atoms with Gasteiger partial charge < -0.3 is 15.2 Å². The van der Waals surface area contributed by atoms with Gasteiger partial charge in [-0.25, -0.2) is 0 Å². The first-order valence-electron chi connectivity index (χ1n) is 9.40. The first kappa shape index (κ1) is 21.4. The third kappa shape index (κ3) is 6.33.